The molecule has 1 amide bonds. The number of likely N-dealkylation sites (N-methyl/N-ethyl adjacent to an activating group) is 1. The number of rotatable bonds is 8. The normalized spacial score (nSPS) is 19.8. The number of nitrogens with one attached hydrogen (secondary N) is 1. The summed E-state index contributed by atoms with van der Waals surface area (Å²) >= 11 is 0. The van der Waals surface area contributed by atoms with Crippen LogP contribution in [0.1, 0.15) is 44.9 Å². The van der Waals surface area contributed by atoms with Crippen molar-refractivity contribution in [1.82, 2.24) is 20.4 Å². The van der Waals surface area contributed by atoms with Crippen molar-refractivity contribution in [2.75, 3.05) is 37.6 Å². The Morgan fingerprint density at radius 1 is 1.17 bits per heavy atom. The molecule has 4 rings (SSSR count). The van der Waals surface area contributed by atoms with E-state index < -0.39 is 0 Å². The molecule has 0 bridgehead atoms. The van der Waals surface area contributed by atoms with Gasteiger partial charge in [-0.05, 0) is 63.0 Å². The number of hydrogen-bond acceptors (Lipinski definition) is 6. The molecule has 1 aromatic heterocycles. The lowest BCUT2D eigenvalue weighted by molar-refractivity contribution is -0.121. The minimum Gasteiger partial charge on any atom is -0.372 e. The molecule has 156 valence electrons. The van der Waals surface area contributed by atoms with E-state index in [2.05, 4.69) is 44.3 Å². The standard InChI is InChI=1S/C22H31N5O2/c1-2-26-15-5-6-19(26)16-23-20(28)11-12-21-24-22(25-29-21)17-7-9-18(10-8-17)27-13-3-4-14-27/h7-10,19H,2-6,11-16H2,1H3,(H,23,28)/t19-/m0/s1. The lowest BCUT2D eigenvalue weighted by Gasteiger charge is -2.22. The summed E-state index contributed by atoms with van der Waals surface area (Å²) in [5, 5.41) is 7.14. The molecule has 7 heteroatoms. The van der Waals surface area contributed by atoms with Crippen molar-refractivity contribution < 1.29 is 9.32 Å². The van der Waals surface area contributed by atoms with E-state index in [0.29, 0.717) is 30.6 Å². The van der Waals surface area contributed by atoms with Gasteiger partial charge in [0.15, 0.2) is 0 Å². The maximum absolute atomic E-state index is 12.2. The minimum atomic E-state index is 0.0441. The second kappa shape index (κ2) is 9.39. The van der Waals surface area contributed by atoms with Crippen LogP contribution in [0.2, 0.25) is 0 Å². The first-order valence-electron chi connectivity index (χ1n) is 10.9. The number of amides is 1. The molecule has 0 unspecified atom stereocenters. The fourth-order valence-corrected chi connectivity index (χ4v) is 4.35. The summed E-state index contributed by atoms with van der Waals surface area (Å²) < 4.78 is 5.35. The fraction of sp³-hybridized carbons (Fsp3) is 0.591. The first kappa shape index (κ1) is 19.9. The van der Waals surface area contributed by atoms with Gasteiger partial charge in [-0.1, -0.05) is 12.1 Å². The smallest absolute Gasteiger partial charge is 0.227 e. The van der Waals surface area contributed by atoms with Crippen LogP contribution in [0.25, 0.3) is 11.4 Å². The molecule has 2 saturated heterocycles. The van der Waals surface area contributed by atoms with Crippen molar-refractivity contribution >= 4 is 11.6 Å². The number of aromatic nitrogens is 2. The molecular weight excluding hydrogens is 366 g/mol. The van der Waals surface area contributed by atoms with Crippen LogP contribution in [-0.4, -0.2) is 59.7 Å². The van der Waals surface area contributed by atoms with Gasteiger partial charge in [0.1, 0.15) is 0 Å². The molecule has 0 radical (unpaired) electrons. The van der Waals surface area contributed by atoms with Crippen LogP contribution in [0.5, 0.6) is 0 Å². The molecule has 1 N–H and O–H groups in total. The Labute approximate surface area is 172 Å². The first-order chi connectivity index (χ1) is 14.2. The molecule has 0 saturated carbocycles. The van der Waals surface area contributed by atoms with Gasteiger partial charge in [-0.15, -0.1) is 0 Å². The van der Waals surface area contributed by atoms with E-state index in [9.17, 15) is 4.79 Å². The Hall–Kier alpha value is -2.41. The number of carbonyl (C=O) groups is 1. The molecule has 2 aromatic rings. The minimum absolute atomic E-state index is 0.0441. The number of likely N-dealkylation sites (tertiary alicyclic amines) is 1. The monoisotopic (exact) mass is 397 g/mol. The molecule has 3 heterocycles. The van der Waals surface area contributed by atoms with Crippen molar-refractivity contribution in [1.29, 1.82) is 0 Å². The Kier molecular flexibility index (Phi) is 6.44. The number of nitrogens with zero attached hydrogens (tertiary/aromatic N) is 4. The van der Waals surface area contributed by atoms with Crippen molar-refractivity contribution in [3.05, 3.63) is 30.2 Å². The van der Waals surface area contributed by atoms with Gasteiger partial charge in [-0.2, -0.15) is 4.98 Å². The predicted molar refractivity (Wildman–Crippen MR) is 113 cm³/mol. The van der Waals surface area contributed by atoms with E-state index >= 15 is 0 Å². The van der Waals surface area contributed by atoms with E-state index in [1.807, 2.05) is 12.1 Å². The molecule has 7 nitrogen and oxygen atoms in total. The number of benzene rings is 1. The number of hydrogen-bond donors (Lipinski definition) is 1. The highest BCUT2D eigenvalue weighted by Crippen LogP contribution is 2.24. The maximum Gasteiger partial charge on any atom is 0.227 e. The highest BCUT2D eigenvalue weighted by Gasteiger charge is 2.23. The summed E-state index contributed by atoms with van der Waals surface area (Å²) in [6, 6.07) is 8.79. The van der Waals surface area contributed by atoms with Gasteiger partial charge >= 0.3 is 0 Å². The summed E-state index contributed by atoms with van der Waals surface area (Å²) in [7, 11) is 0. The highest BCUT2D eigenvalue weighted by atomic mass is 16.5. The predicted octanol–water partition coefficient (Wildman–Crippen LogP) is 2.87. The van der Waals surface area contributed by atoms with Crippen LogP contribution in [0, 0.1) is 0 Å². The molecule has 0 aliphatic carbocycles. The topological polar surface area (TPSA) is 74.5 Å². The fourth-order valence-electron chi connectivity index (χ4n) is 4.35. The van der Waals surface area contributed by atoms with Crippen LogP contribution < -0.4 is 10.2 Å². The second-order valence-corrected chi connectivity index (χ2v) is 7.98. The van der Waals surface area contributed by atoms with Gasteiger partial charge in [-0.25, -0.2) is 0 Å². The molecule has 2 aliphatic rings. The molecule has 2 fully saturated rings. The Bertz CT molecular complexity index is 798. The van der Waals surface area contributed by atoms with Gasteiger partial charge in [0.2, 0.25) is 17.6 Å². The lowest BCUT2D eigenvalue weighted by Crippen LogP contribution is -2.40. The largest absolute Gasteiger partial charge is 0.372 e. The third-order valence-corrected chi connectivity index (χ3v) is 6.07. The number of aryl methyl sites for hydroxylation is 1. The molecule has 0 spiro atoms. The van der Waals surface area contributed by atoms with E-state index in [1.54, 1.807) is 0 Å². The first-order valence-corrected chi connectivity index (χ1v) is 10.9. The van der Waals surface area contributed by atoms with Crippen LogP contribution in [-0.2, 0) is 11.2 Å². The summed E-state index contributed by atoms with van der Waals surface area (Å²) in [4.78, 5) is 21.5. The lowest BCUT2D eigenvalue weighted by atomic mass is 10.2. The molecule has 1 atom stereocenters. The zero-order valence-electron chi connectivity index (χ0n) is 17.3. The van der Waals surface area contributed by atoms with Crippen LogP contribution in [0.4, 0.5) is 5.69 Å². The SMILES string of the molecule is CCN1CCC[C@H]1CNC(=O)CCc1nc(-c2ccc(N3CCCC3)cc2)no1. The third kappa shape index (κ3) is 4.96. The molecular formula is C22H31N5O2. The van der Waals surface area contributed by atoms with Gasteiger partial charge in [0.05, 0.1) is 0 Å². The van der Waals surface area contributed by atoms with Crippen LogP contribution in [0.3, 0.4) is 0 Å². The van der Waals surface area contributed by atoms with Crippen LogP contribution in [0.15, 0.2) is 28.8 Å². The Morgan fingerprint density at radius 2 is 1.97 bits per heavy atom. The van der Waals surface area contributed by atoms with Crippen molar-refractivity contribution in [2.24, 2.45) is 0 Å². The summed E-state index contributed by atoms with van der Waals surface area (Å²) in [6.07, 6.45) is 5.75. The van der Waals surface area contributed by atoms with Gasteiger partial charge in [-0.3, -0.25) is 9.69 Å². The molecule has 1 aromatic carbocycles. The van der Waals surface area contributed by atoms with Crippen molar-refractivity contribution in [3.63, 3.8) is 0 Å². The summed E-state index contributed by atoms with van der Waals surface area (Å²) in [5.41, 5.74) is 2.18. The van der Waals surface area contributed by atoms with E-state index in [4.69, 9.17) is 4.52 Å². The van der Waals surface area contributed by atoms with Gasteiger partial charge in [0.25, 0.3) is 0 Å². The second-order valence-electron chi connectivity index (χ2n) is 7.98. The third-order valence-electron chi connectivity index (χ3n) is 6.07. The van der Waals surface area contributed by atoms with Crippen molar-refractivity contribution in [2.45, 2.75) is 51.5 Å². The summed E-state index contributed by atoms with van der Waals surface area (Å²) in [6.45, 7) is 7.35. The summed E-state index contributed by atoms with van der Waals surface area (Å²) in [5.74, 6) is 1.13. The van der Waals surface area contributed by atoms with Crippen molar-refractivity contribution in [3.8, 4) is 11.4 Å². The van der Waals surface area contributed by atoms with Crippen LogP contribution >= 0.6 is 0 Å². The number of carbonyl (C=O) groups excluding carboxylic acids is 1. The Morgan fingerprint density at radius 3 is 2.72 bits per heavy atom. The van der Waals surface area contributed by atoms with Gasteiger partial charge < -0.3 is 14.7 Å². The zero-order valence-corrected chi connectivity index (χ0v) is 17.3. The Balaban J connectivity index is 1.25. The average molecular weight is 398 g/mol. The van der Waals surface area contributed by atoms with E-state index in [-0.39, 0.29) is 5.91 Å². The highest BCUT2D eigenvalue weighted by molar-refractivity contribution is 5.76. The van der Waals surface area contributed by atoms with Gasteiger partial charge in [0, 0.05) is 49.8 Å². The van der Waals surface area contributed by atoms with E-state index in [1.165, 1.54) is 24.9 Å². The molecule has 2 aliphatic heterocycles. The molecule has 29 heavy (non-hydrogen) atoms. The average Bonchev–Trinajstić information content (AvgIpc) is 3.52. The number of anilines is 1. The van der Waals surface area contributed by atoms with E-state index in [0.717, 1.165) is 44.7 Å². The zero-order chi connectivity index (χ0) is 20.1. The quantitative estimate of drug-likeness (QED) is 0.738. The maximum atomic E-state index is 12.2.